The van der Waals surface area contributed by atoms with E-state index in [4.69, 9.17) is 16.3 Å². The summed E-state index contributed by atoms with van der Waals surface area (Å²) in [6.45, 7) is 4.25. The Labute approximate surface area is 116 Å². The fourth-order valence-corrected chi connectivity index (χ4v) is 2.23. The molecule has 6 heteroatoms. The van der Waals surface area contributed by atoms with Crippen molar-refractivity contribution in [3.63, 3.8) is 0 Å². The van der Waals surface area contributed by atoms with Crippen molar-refractivity contribution in [2.45, 2.75) is 20.0 Å². The van der Waals surface area contributed by atoms with Crippen LogP contribution >= 0.6 is 11.6 Å². The van der Waals surface area contributed by atoms with Gasteiger partial charge in [-0.2, -0.15) is 5.10 Å². The van der Waals surface area contributed by atoms with Crippen LogP contribution in [0.2, 0.25) is 5.15 Å². The molecule has 0 radical (unpaired) electrons. The molecule has 2 aromatic heterocycles. The average Bonchev–Trinajstić information content (AvgIpc) is 2.63. The summed E-state index contributed by atoms with van der Waals surface area (Å²) in [5.74, 6) is 0.622. The molecule has 0 saturated carbocycles. The lowest BCUT2D eigenvalue weighted by Gasteiger charge is -2.12. The van der Waals surface area contributed by atoms with Gasteiger partial charge in [-0.25, -0.2) is 0 Å². The number of hydrogen-bond donors (Lipinski definition) is 1. The molecule has 0 fully saturated rings. The molecule has 0 aliphatic heterocycles. The molecular formula is C13H16ClN3O2. The number of ether oxygens (including phenoxy) is 1. The van der Waals surface area contributed by atoms with Crippen molar-refractivity contribution in [1.82, 2.24) is 14.8 Å². The van der Waals surface area contributed by atoms with Crippen LogP contribution in [0.1, 0.15) is 29.8 Å². The Morgan fingerprint density at radius 1 is 1.47 bits per heavy atom. The van der Waals surface area contributed by atoms with E-state index in [1.807, 2.05) is 13.8 Å². The average molecular weight is 282 g/mol. The molecule has 5 nitrogen and oxygen atoms in total. The van der Waals surface area contributed by atoms with Gasteiger partial charge < -0.3 is 9.84 Å². The quantitative estimate of drug-likeness (QED) is 0.934. The van der Waals surface area contributed by atoms with Crippen molar-refractivity contribution >= 4 is 11.6 Å². The molecule has 2 rings (SSSR count). The van der Waals surface area contributed by atoms with Gasteiger partial charge in [0, 0.05) is 24.4 Å². The summed E-state index contributed by atoms with van der Waals surface area (Å²) in [7, 11) is 1.74. The first-order valence-corrected chi connectivity index (χ1v) is 6.37. The number of aryl methyl sites for hydroxylation is 2. The van der Waals surface area contributed by atoms with Gasteiger partial charge in [0.25, 0.3) is 0 Å². The lowest BCUT2D eigenvalue weighted by Crippen LogP contribution is -2.03. The minimum absolute atomic E-state index is 0.423. The van der Waals surface area contributed by atoms with E-state index in [0.717, 1.165) is 0 Å². The van der Waals surface area contributed by atoms with Crippen molar-refractivity contribution < 1.29 is 9.84 Å². The second-order valence-electron chi connectivity index (χ2n) is 4.20. The zero-order chi connectivity index (χ0) is 14.0. The summed E-state index contributed by atoms with van der Waals surface area (Å²) in [4.78, 5) is 4.06. The van der Waals surface area contributed by atoms with Gasteiger partial charge >= 0.3 is 0 Å². The van der Waals surface area contributed by atoms with E-state index in [1.165, 1.54) is 4.68 Å². The first-order valence-electron chi connectivity index (χ1n) is 5.99. The molecule has 0 spiro atoms. The minimum atomic E-state index is -0.867. The summed E-state index contributed by atoms with van der Waals surface area (Å²) in [6, 6.07) is 1.75. The Bertz CT molecular complexity index is 583. The lowest BCUT2D eigenvalue weighted by atomic mass is 10.0. The number of pyridine rings is 1. The molecule has 1 atom stereocenters. The zero-order valence-electron chi connectivity index (χ0n) is 11.1. The van der Waals surface area contributed by atoms with Crippen LogP contribution in [-0.4, -0.2) is 26.5 Å². The highest BCUT2D eigenvalue weighted by Gasteiger charge is 2.21. The number of nitrogens with zero attached hydrogens (tertiary/aromatic N) is 3. The van der Waals surface area contributed by atoms with E-state index >= 15 is 0 Å². The summed E-state index contributed by atoms with van der Waals surface area (Å²) < 4.78 is 6.91. The molecule has 102 valence electrons. The molecule has 19 heavy (non-hydrogen) atoms. The van der Waals surface area contributed by atoms with Gasteiger partial charge in [-0.1, -0.05) is 11.6 Å². The van der Waals surface area contributed by atoms with Crippen LogP contribution in [0.25, 0.3) is 0 Å². The largest absolute Gasteiger partial charge is 0.492 e. The van der Waals surface area contributed by atoms with Crippen LogP contribution in [-0.2, 0) is 7.05 Å². The fraction of sp³-hybridized carbons (Fsp3) is 0.385. The molecule has 0 aromatic carbocycles. The SMILES string of the molecule is CCOc1cncc(C(O)c2c(C)nn(C)c2Cl)c1. The van der Waals surface area contributed by atoms with Crippen LogP contribution in [0.15, 0.2) is 18.5 Å². The van der Waals surface area contributed by atoms with Gasteiger partial charge in [-0.3, -0.25) is 9.67 Å². The Kier molecular flexibility index (Phi) is 4.07. The maximum absolute atomic E-state index is 10.4. The zero-order valence-corrected chi connectivity index (χ0v) is 11.8. The summed E-state index contributed by atoms with van der Waals surface area (Å²) in [5.41, 5.74) is 1.92. The standard InChI is InChI=1S/C13H16ClN3O2/c1-4-19-10-5-9(6-15-7-10)12(18)11-8(2)16-17(3)13(11)14/h5-7,12,18H,4H2,1-3H3. The molecule has 0 saturated heterocycles. The number of halogens is 1. The van der Waals surface area contributed by atoms with E-state index in [2.05, 4.69) is 10.1 Å². The minimum Gasteiger partial charge on any atom is -0.492 e. The highest BCUT2D eigenvalue weighted by molar-refractivity contribution is 6.30. The second kappa shape index (κ2) is 5.59. The number of aliphatic hydroxyl groups excluding tert-OH is 1. The monoisotopic (exact) mass is 281 g/mol. The summed E-state index contributed by atoms with van der Waals surface area (Å²) in [5, 5.41) is 15.0. The predicted octanol–water partition coefficient (Wildman–Crippen LogP) is 2.26. The molecular weight excluding hydrogens is 266 g/mol. The number of aliphatic hydroxyl groups is 1. The van der Waals surface area contributed by atoms with E-state index in [0.29, 0.717) is 34.3 Å². The Balaban J connectivity index is 2.38. The Morgan fingerprint density at radius 3 is 2.79 bits per heavy atom. The van der Waals surface area contributed by atoms with Gasteiger partial charge in [0.05, 0.1) is 18.5 Å². The smallest absolute Gasteiger partial charge is 0.137 e. The van der Waals surface area contributed by atoms with Crippen LogP contribution in [0.3, 0.4) is 0 Å². The van der Waals surface area contributed by atoms with E-state index in [1.54, 1.807) is 25.5 Å². The number of aromatic nitrogens is 3. The molecule has 1 N–H and O–H groups in total. The van der Waals surface area contributed by atoms with Crippen molar-refractivity contribution in [3.8, 4) is 5.75 Å². The maximum atomic E-state index is 10.4. The van der Waals surface area contributed by atoms with Gasteiger partial charge in [-0.05, 0) is 19.9 Å². The van der Waals surface area contributed by atoms with Gasteiger partial charge in [0.2, 0.25) is 0 Å². The Morgan fingerprint density at radius 2 is 2.21 bits per heavy atom. The normalized spacial score (nSPS) is 12.5. The fourth-order valence-electron chi connectivity index (χ4n) is 1.95. The van der Waals surface area contributed by atoms with E-state index < -0.39 is 6.10 Å². The van der Waals surface area contributed by atoms with E-state index in [9.17, 15) is 5.11 Å². The lowest BCUT2D eigenvalue weighted by molar-refractivity contribution is 0.218. The molecule has 0 bridgehead atoms. The van der Waals surface area contributed by atoms with E-state index in [-0.39, 0.29) is 0 Å². The Hall–Kier alpha value is -1.59. The third-order valence-corrected chi connectivity index (χ3v) is 3.28. The van der Waals surface area contributed by atoms with Crippen molar-refractivity contribution in [2.24, 2.45) is 7.05 Å². The molecule has 1 unspecified atom stereocenters. The molecule has 0 aliphatic rings. The van der Waals surface area contributed by atoms with Crippen molar-refractivity contribution in [3.05, 3.63) is 40.4 Å². The van der Waals surface area contributed by atoms with Crippen LogP contribution in [0.4, 0.5) is 0 Å². The predicted molar refractivity (Wildman–Crippen MR) is 72.4 cm³/mol. The molecule has 2 heterocycles. The molecule has 0 aliphatic carbocycles. The van der Waals surface area contributed by atoms with Crippen LogP contribution < -0.4 is 4.74 Å². The third kappa shape index (κ3) is 2.72. The summed E-state index contributed by atoms with van der Waals surface area (Å²) >= 11 is 6.15. The first-order chi connectivity index (χ1) is 9.04. The van der Waals surface area contributed by atoms with Gasteiger partial charge in [-0.15, -0.1) is 0 Å². The molecule has 0 amide bonds. The third-order valence-electron chi connectivity index (χ3n) is 2.83. The maximum Gasteiger partial charge on any atom is 0.137 e. The van der Waals surface area contributed by atoms with Gasteiger partial charge in [0.1, 0.15) is 17.0 Å². The highest BCUT2D eigenvalue weighted by Crippen LogP contribution is 2.31. The molecule has 2 aromatic rings. The van der Waals surface area contributed by atoms with Gasteiger partial charge in [0.15, 0.2) is 0 Å². The highest BCUT2D eigenvalue weighted by atomic mass is 35.5. The first kappa shape index (κ1) is 13.8. The summed E-state index contributed by atoms with van der Waals surface area (Å²) in [6.07, 6.45) is 2.34. The topological polar surface area (TPSA) is 60.2 Å². The van der Waals surface area contributed by atoms with Crippen molar-refractivity contribution in [2.75, 3.05) is 6.61 Å². The van der Waals surface area contributed by atoms with Crippen molar-refractivity contribution in [1.29, 1.82) is 0 Å². The second-order valence-corrected chi connectivity index (χ2v) is 4.56. The number of rotatable bonds is 4. The van der Waals surface area contributed by atoms with Crippen LogP contribution in [0.5, 0.6) is 5.75 Å². The van der Waals surface area contributed by atoms with Crippen LogP contribution in [0, 0.1) is 6.92 Å². The number of hydrogen-bond acceptors (Lipinski definition) is 4.